The molecule has 29 heavy (non-hydrogen) atoms. The normalized spacial score (nSPS) is 13.1. The van der Waals surface area contributed by atoms with Crippen LogP contribution in [-0.2, 0) is 32.4 Å². The lowest BCUT2D eigenvalue weighted by molar-refractivity contribution is -0.143. The van der Waals surface area contributed by atoms with Gasteiger partial charge < -0.3 is 9.53 Å². The number of hydrogen-bond donors (Lipinski definition) is 0. The first kappa shape index (κ1) is 22.8. The number of alkyl halides is 6. The van der Waals surface area contributed by atoms with Crippen molar-refractivity contribution in [1.82, 2.24) is 0 Å². The molecule has 0 amide bonds. The lowest BCUT2D eigenvalue weighted by Gasteiger charge is -2.17. The SMILES string of the molecule is COC(=O)C(C=O)c1ccccc1SCc1cc(C(F)(F)F)ccc1C(F)(F)F. The van der Waals surface area contributed by atoms with E-state index in [2.05, 4.69) is 4.74 Å². The molecule has 0 saturated carbocycles. The monoisotopic (exact) mass is 436 g/mol. The van der Waals surface area contributed by atoms with E-state index in [0.29, 0.717) is 24.5 Å². The maximum absolute atomic E-state index is 13.2. The van der Waals surface area contributed by atoms with Crippen molar-refractivity contribution in [3.63, 3.8) is 0 Å². The van der Waals surface area contributed by atoms with Gasteiger partial charge in [0.05, 0.1) is 18.2 Å². The number of methoxy groups -OCH3 is 1. The standard InChI is InChI=1S/C19H14F6O3S/c1-28-17(27)14(9-26)13-4-2-3-5-16(13)29-10-11-8-12(18(20,21)22)6-7-15(11)19(23,24)25/h2-9,14H,10H2,1H3. The molecular formula is C19H14F6O3S. The van der Waals surface area contributed by atoms with Crippen molar-refractivity contribution in [1.29, 1.82) is 0 Å². The van der Waals surface area contributed by atoms with Crippen LogP contribution in [0.3, 0.4) is 0 Å². The van der Waals surface area contributed by atoms with Crippen LogP contribution in [0.2, 0.25) is 0 Å². The number of ether oxygens (including phenoxy) is 1. The minimum Gasteiger partial charge on any atom is -0.468 e. The summed E-state index contributed by atoms with van der Waals surface area (Å²) in [5.41, 5.74) is -2.75. The number of esters is 1. The van der Waals surface area contributed by atoms with Crippen LogP contribution in [0.25, 0.3) is 0 Å². The average molecular weight is 436 g/mol. The van der Waals surface area contributed by atoms with Crippen molar-refractivity contribution in [2.24, 2.45) is 0 Å². The third kappa shape index (κ3) is 5.53. The Kier molecular flexibility index (Phi) is 6.99. The van der Waals surface area contributed by atoms with Crippen LogP contribution < -0.4 is 0 Å². The van der Waals surface area contributed by atoms with Gasteiger partial charge in [0.25, 0.3) is 0 Å². The molecule has 0 spiro atoms. The minimum absolute atomic E-state index is 0.194. The second-order valence-corrected chi connectivity index (χ2v) is 6.85. The highest BCUT2D eigenvalue weighted by Gasteiger charge is 2.37. The number of benzene rings is 2. The van der Waals surface area contributed by atoms with Gasteiger partial charge in [-0.1, -0.05) is 18.2 Å². The number of carbonyl (C=O) groups excluding carboxylic acids is 2. The molecule has 156 valence electrons. The number of thioether (sulfide) groups is 1. The maximum atomic E-state index is 13.2. The fourth-order valence-electron chi connectivity index (χ4n) is 2.57. The summed E-state index contributed by atoms with van der Waals surface area (Å²) in [6.07, 6.45) is -9.30. The summed E-state index contributed by atoms with van der Waals surface area (Å²) in [5.74, 6) is -2.61. The van der Waals surface area contributed by atoms with Gasteiger partial charge in [-0.05, 0) is 35.4 Å². The van der Waals surface area contributed by atoms with E-state index in [4.69, 9.17) is 0 Å². The molecule has 3 nitrogen and oxygen atoms in total. The van der Waals surface area contributed by atoms with E-state index in [-0.39, 0.29) is 10.5 Å². The van der Waals surface area contributed by atoms with Crippen LogP contribution in [0.4, 0.5) is 26.3 Å². The molecule has 0 saturated heterocycles. The average Bonchev–Trinajstić information content (AvgIpc) is 2.65. The Morgan fingerprint density at radius 2 is 1.72 bits per heavy atom. The minimum atomic E-state index is -4.84. The summed E-state index contributed by atoms with van der Waals surface area (Å²) >= 11 is 0.787. The number of carbonyl (C=O) groups is 2. The van der Waals surface area contributed by atoms with Gasteiger partial charge in [-0.15, -0.1) is 11.8 Å². The van der Waals surface area contributed by atoms with Crippen LogP contribution in [0.5, 0.6) is 0 Å². The summed E-state index contributed by atoms with van der Waals surface area (Å²) in [5, 5.41) is 0. The van der Waals surface area contributed by atoms with Crippen molar-refractivity contribution >= 4 is 24.0 Å². The third-order valence-electron chi connectivity index (χ3n) is 3.97. The van der Waals surface area contributed by atoms with Gasteiger partial charge in [0.2, 0.25) is 0 Å². The Bertz CT molecular complexity index is 892. The summed E-state index contributed by atoms with van der Waals surface area (Å²) in [4.78, 5) is 23.3. The van der Waals surface area contributed by atoms with Crippen LogP contribution >= 0.6 is 11.8 Å². The van der Waals surface area contributed by atoms with Crippen molar-refractivity contribution in [3.8, 4) is 0 Å². The number of halogens is 6. The molecule has 0 bridgehead atoms. The molecule has 0 aromatic heterocycles. The van der Waals surface area contributed by atoms with E-state index in [1.807, 2.05) is 0 Å². The van der Waals surface area contributed by atoms with Gasteiger partial charge in [-0.3, -0.25) is 4.79 Å². The van der Waals surface area contributed by atoms with Gasteiger partial charge in [-0.2, -0.15) is 26.3 Å². The van der Waals surface area contributed by atoms with Gasteiger partial charge >= 0.3 is 18.3 Å². The predicted molar refractivity (Wildman–Crippen MR) is 93.3 cm³/mol. The van der Waals surface area contributed by atoms with E-state index in [9.17, 15) is 35.9 Å². The Labute approximate surface area is 166 Å². The van der Waals surface area contributed by atoms with E-state index in [1.165, 1.54) is 24.3 Å². The predicted octanol–water partition coefficient (Wildman–Crippen LogP) is 5.47. The highest BCUT2D eigenvalue weighted by atomic mass is 32.2. The molecule has 0 radical (unpaired) electrons. The first-order valence-electron chi connectivity index (χ1n) is 8.01. The highest BCUT2D eigenvalue weighted by Crippen LogP contribution is 2.39. The molecule has 0 fully saturated rings. The zero-order valence-corrected chi connectivity index (χ0v) is 15.6. The topological polar surface area (TPSA) is 43.4 Å². The fourth-order valence-corrected chi connectivity index (χ4v) is 3.66. The molecule has 2 aromatic rings. The summed E-state index contributed by atoms with van der Waals surface area (Å²) < 4.78 is 83.0. The van der Waals surface area contributed by atoms with Crippen LogP contribution in [-0.4, -0.2) is 19.4 Å². The molecule has 2 rings (SSSR count). The number of aldehydes is 1. The molecule has 0 heterocycles. The van der Waals surface area contributed by atoms with Gasteiger partial charge in [0.1, 0.15) is 12.2 Å². The van der Waals surface area contributed by atoms with Crippen molar-refractivity contribution in [2.75, 3.05) is 7.11 Å². The molecule has 10 heteroatoms. The highest BCUT2D eigenvalue weighted by molar-refractivity contribution is 7.98. The quantitative estimate of drug-likeness (QED) is 0.198. The Balaban J connectivity index is 2.42. The van der Waals surface area contributed by atoms with E-state index in [1.54, 1.807) is 0 Å². The Morgan fingerprint density at radius 3 is 2.28 bits per heavy atom. The zero-order valence-electron chi connectivity index (χ0n) is 14.8. The first-order chi connectivity index (χ1) is 13.5. The molecule has 0 aliphatic heterocycles. The van der Waals surface area contributed by atoms with Crippen LogP contribution in [0.15, 0.2) is 47.4 Å². The smallest absolute Gasteiger partial charge is 0.416 e. The molecule has 1 unspecified atom stereocenters. The summed E-state index contributed by atoms with van der Waals surface area (Å²) in [7, 11) is 1.08. The molecule has 2 aromatic carbocycles. The number of hydrogen-bond acceptors (Lipinski definition) is 4. The summed E-state index contributed by atoms with van der Waals surface area (Å²) in [6.45, 7) is 0. The van der Waals surface area contributed by atoms with E-state index < -0.39 is 46.7 Å². The molecule has 0 aliphatic carbocycles. The molecule has 0 N–H and O–H groups in total. The second-order valence-electron chi connectivity index (χ2n) is 5.83. The maximum Gasteiger partial charge on any atom is 0.416 e. The van der Waals surface area contributed by atoms with Crippen molar-refractivity contribution < 1.29 is 40.7 Å². The lowest BCUT2D eigenvalue weighted by Crippen LogP contribution is -2.16. The van der Waals surface area contributed by atoms with Crippen LogP contribution in [0, 0.1) is 0 Å². The van der Waals surface area contributed by atoms with Gasteiger partial charge in [0.15, 0.2) is 0 Å². The van der Waals surface area contributed by atoms with Crippen molar-refractivity contribution in [2.45, 2.75) is 28.9 Å². The molecular weight excluding hydrogens is 422 g/mol. The van der Waals surface area contributed by atoms with Crippen molar-refractivity contribution in [3.05, 3.63) is 64.7 Å². The Morgan fingerprint density at radius 1 is 1.07 bits per heavy atom. The molecule has 0 aliphatic rings. The zero-order chi connectivity index (χ0) is 21.8. The van der Waals surface area contributed by atoms with E-state index in [0.717, 1.165) is 18.9 Å². The first-order valence-corrected chi connectivity index (χ1v) is 8.99. The van der Waals surface area contributed by atoms with Crippen LogP contribution in [0.1, 0.15) is 28.2 Å². The largest absolute Gasteiger partial charge is 0.468 e. The van der Waals surface area contributed by atoms with Gasteiger partial charge in [-0.25, -0.2) is 0 Å². The summed E-state index contributed by atoms with van der Waals surface area (Å²) in [6, 6.07) is 7.16. The Hall–Kier alpha value is -2.49. The van der Waals surface area contributed by atoms with E-state index >= 15 is 0 Å². The third-order valence-corrected chi connectivity index (χ3v) is 5.10. The fraction of sp³-hybridized carbons (Fsp3) is 0.263. The molecule has 1 atom stereocenters. The second kappa shape index (κ2) is 8.89. The van der Waals surface area contributed by atoms with Gasteiger partial charge in [0, 0.05) is 10.6 Å². The number of rotatable bonds is 6. The lowest BCUT2D eigenvalue weighted by atomic mass is 10.0.